The standard InChI is InChI=1S/C10H7F2N3O/c11-6-2-1-3-7(8(6)12)16-10-9(13)14-4-5-15-10/h1-5H,(H2,13,14). The molecule has 0 unspecified atom stereocenters. The summed E-state index contributed by atoms with van der Waals surface area (Å²) in [6.07, 6.45) is 2.70. The van der Waals surface area contributed by atoms with Crippen molar-refractivity contribution in [1.29, 1.82) is 0 Å². The minimum absolute atomic E-state index is 0.00570. The summed E-state index contributed by atoms with van der Waals surface area (Å²) in [7, 11) is 0. The second kappa shape index (κ2) is 4.09. The number of halogens is 2. The van der Waals surface area contributed by atoms with Gasteiger partial charge in [-0.1, -0.05) is 6.07 Å². The number of nitrogens with zero attached hydrogens (tertiary/aromatic N) is 2. The Morgan fingerprint density at radius 1 is 1.12 bits per heavy atom. The molecule has 0 aliphatic heterocycles. The van der Waals surface area contributed by atoms with E-state index in [9.17, 15) is 8.78 Å². The average molecular weight is 223 g/mol. The summed E-state index contributed by atoms with van der Waals surface area (Å²) in [6.45, 7) is 0. The molecular formula is C10H7F2N3O. The Bertz CT molecular complexity index is 519. The highest BCUT2D eigenvalue weighted by atomic mass is 19.2. The van der Waals surface area contributed by atoms with E-state index in [0.29, 0.717) is 0 Å². The van der Waals surface area contributed by atoms with Gasteiger partial charge in [0.2, 0.25) is 5.82 Å². The Hall–Kier alpha value is -2.24. The molecule has 0 amide bonds. The van der Waals surface area contributed by atoms with Crippen LogP contribution in [0.1, 0.15) is 0 Å². The van der Waals surface area contributed by atoms with Gasteiger partial charge in [-0.3, -0.25) is 0 Å². The number of aromatic nitrogens is 2. The number of benzene rings is 1. The SMILES string of the molecule is Nc1nccnc1Oc1cccc(F)c1F. The van der Waals surface area contributed by atoms with Crippen molar-refractivity contribution in [2.24, 2.45) is 0 Å². The van der Waals surface area contributed by atoms with Gasteiger partial charge in [0, 0.05) is 12.4 Å². The van der Waals surface area contributed by atoms with Crippen molar-refractivity contribution in [3.63, 3.8) is 0 Å². The summed E-state index contributed by atoms with van der Waals surface area (Å²) in [5.74, 6) is -2.43. The van der Waals surface area contributed by atoms with E-state index in [1.165, 1.54) is 24.5 Å². The van der Waals surface area contributed by atoms with E-state index in [4.69, 9.17) is 10.5 Å². The van der Waals surface area contributed by atoms with Crippen LogP contribution in [0.3, 0.4) is 0 Å². The average Bonchev–Trinajstić information content (AvgIpc) is 2.28. The summed E-state index contributed by atoms with van der Waals surface area (Å²) >= 11 is 0. The third-order valence-corrected chi connectivity index (χ3v) is 1.81. The highest BCUT2D eigenvalue weighted by Gasteiger charge is 2.11. The fraction of sp³-hybridized carbons (Fsp3) is 0. The monoisotopic (exact) mass is 223 g/mol. The molecule has 2 aromatic rings. The maximum Gasteiger partial charge on any atom is 0.262 e. The van der Waals surface area contributed by atoms with Crippen LogP contribution in [0, 0.1) is 11.6 Å². The molecule has 0 atom stereocenters. The van der Waals surface area contributed by atoms with Crippen LogP contribution in [0.5, 0.6) is 11.6 Å². The van der Waals surface area contributed by atoms with Crippen molar-refractivity contribution in [3.05, 3.63) is 42.2 Å². The molecule has 0 aliphatic carbocycles. The van der Waals surface area contributed by atoms with Crippen molar-refractivity contribution < 1.29 is 13.5 Å². The number of anilines is 1. The first-order chi connectivity index (χ1) is 7.68. The highest BCUT2D eigenvalue weighted by Crippen LogP contribution is 2.26. The zero-order valence-electron chi connectivity index (χ0n) is 8.02. The van der Waals surface area contributed by atoms with Crippen LogP contribution in [0.25, 0.3) is 0 Å². The molecule has 0 spiro atoms. The van der Waals surface area contributed by atoms with Crippen LogP contribution >= 0.6 is 0 Å². The van der Waals surface area contributed by atoms with Gasteiger partial charge in [-0.05, 0) is 12.1 Å². The van der Waals surface area contributed by atoms with E-state index in [0.717, 1.165) is 6.07 Å². The molecule has 1 heterocycles. The first-order valence-electron chi connectivity index (χ1n) is 4.37. The molecule has 16 heavy (non-hydrogen) atoms. The molecule has 0 saturated heterocycles. The van der Waals surface area contributed by atoms with E-state index >= 15 is 0 Å². The Balaban J connectivity index is 2.35. The third-order valence-electron chi connectivity index (χ3n) is 1.81. The van der Waals surface area contributed by atoms with Crippen molar-refractivity contribution in [1.82, 2.24) is 9.97 Å². The van der Waals surface area contributed by atoms with Gasteiger partial charge in [0.15, 0.2) is 17.4 Å². The van der Waals surface area contributed by atoms with Gasteiger partial charge in [-0.15, -0.1) is 0 Å². The fourth-order valence-electron chi connectivity index (χ4n) is 1.08. The zero-order valence-corrected chi connectivity index (χ0v) is 8.02. The number of nitrogen functional groups attached to an aromatic ring is 1. The minimum Gasteiger partial charge on any atom is -0.433 e. The first kappa shape index (κ1) is 10.3. The first-order valence-corrected chi connectivity index (χ1v) is 4.37. The predicted octanol–water partition coefficient (Wildman–Crippen LogP) is 2.13. The largest absolute Gasteiger partial charge is 0.433 e. The Morgan fingerprint density at radius 3 is 2.62 bits per heavy atom. The summed E-state index contributed by atoms with van der Waals surface area (Å²) in [5, 5.41) is 0. The lowest BCUT2D eigenvalue weighted by molar-refractivity contribution is 0.406. The summed E-state index contributed by atoms with van der Waals surface area (Å²) < 4.78 is 31.1. The number of ether oxygens (including phenoxy) is 1. The normalized spacial score (nSPS) is 10.1. The van der Waals surface area contributed by atoms with Crippen molar-refractivity contribution in [2.45, 2.75) is 0 Å². The van der Waals surface area contributed by atoms with Gasteiger partial charge >= 0.3 is 0 Å². The van der Waals surface area contributed by atoms with Crippen LogP contribution in [-0.2, 0) is 0 Å². The van der Waals surface area contributed by atoms with E-state index in [-0.39, 0.29) is 17.4 Å². The van der Waals surface area contributed by atoms with Crippen LogP contribution < -0.4 is 10.5 Å². The van der Waals surface area contributed by atoms with Crippen LogP contribution in [0.2, 0.25) is 0 Å². The van der Waals surface area contributed by atoms with Gasteiger partial charge in [-0.25, -0.2) is 14.4 Å². The fourth-order valence-corrected chi connectivity index (χ4v) is 1.08. The number of nitrogens with two attached hydrogens (primary N) is 1. The van der Waals surface area contributed by atoms with Gasteiger partial charge in [0.25, 0.3) is 5.88 Å². The molecule has 82 valence electrons. The molecule has 6 heteroatoms. The smallest absolute Gasteiger partial charge is 0.262 e. The highest BCUT2D eigenvalue weighted by molar-refractivity contribution is 5.42. The maximum atomic E-state index is 13.2. The summed E-state index contributed by atoms with van der Waals surface area (Å²) in [5.41, 5.74) is 5.44. The summed E-state index contributed by atoms with van der Waals surface area (Å²) in [4.78, 5) is 7.45. The van der Waals surface area contributed by atoms with Crippen LogP contribution in [0.4, 0.5) is 14.6 Å². The molecular weight excluding hydrogens is 216 g/mol. The quantitative estimate of drug-likeness (QED) is 0.847. The molecule has 1 aromatic carbocycles. The molecule has 1 aromatic heterocycles. The molecule has 0 aliphatic rings. The molecule has 0 bridgehead atoms. The summed E-state index contributed by atoms with van der Waals surface area (Å²) in [6, 6.07) is 3.58. The van der Waals surface area contributed by atoms with Gasteiger partial charge in [0.1, 0.15) is 0 Å². The molecule has 0 radical (unpaired) electrons. The topological polar surface area (TPSA) is 61.0 Å². The lowest BCUT2D eigenvalue weighted by Crippen LogP contribution is -1.99. The predicted molar refractivity (Wildman–Crippen MR) is 52.9 cm³/mol. The Labute approximate surface area is 89.7 Å². The van der Waals surface area contributed by atoms with Crippen molar-refractivity contribution in [2.75, 3.05) is 5.73 Å². The zero-order chi connectivity index (χ0) is 11.5. The van der Waals surface area contributed by atoms with Gasteiger partial charge < -0.3 is 10.5 Å². The van der Waals surface area contributed by atoms with E-state index < -0.39 is 11.6 Å². The molecule has 2 N–H and O–H groups in total. The van der Waals surface area contributed by atoms with Crippen molar-refractivity contribution >= 4 is 5.82 Å². The number of rotatable bonds is 2. The van der Waals surface area contributed by atoms with Gasteiger partial charge in [-0.2, -0.15) is 4.39 Å². The van der Waals surface area contributed by atoms with E-state index in [1.807, 2.05) is 0 Å². The van der Waals surface area contributed by atoms with Gasteiger partial charge in [0.05, 0.1) is 0 Å². The van der Waals surface area contributed by atoms with E-state index in [1.54, 1.807) is 0 Å². The second-order valence-corrected chi connectivity index (χ2v) is 2.90. The Kier molecular flexibility index (Phi) is 2.63. The number of hydrogen-bond donors (Lipinski definition) is 1. The molecule has 4 nitrogen and oxygen atoms in total. The second-order valence-electron chi connectivity index (χ2n) is 2.90. The third kappa shape index (κ3) is 1.90. The molecule has 0 saturated carbocycles. The van der Waals surface area contributed by atoms with Crippen molar-refractivity contribution in [3.8, 4) is 11.6 Å². The lowest BCUT2D eigenvalue weighted by Gasteiger charge is -2.06. The van der Waals surface area contributed by atoms with Crippen LogP contribution in [0.15, 0.2) is 30.6 Å². The molecule has 2 rings (SSSR count). The number of hydrogen-bond acceptors (Lipinski definition) is 4. The van der Waals surface area contributed by atoms with Crippen LogP contribution in [-0.4, -0.2) is 9.97 Å². The maximum absolute atomic E-state index is 13.2. The van der Waals surface area contributed by atoms with E-state index in [2.05, 4.69) is 9.97 Å². The lowest BCUT2D eigenvalue weighted by atomic mass is 10.3. The Morgan fingerprint density at radius 2 is 1.88 bits per heavy atom. The minimum atomic E-state index is -1.09. The molecule has 0 fully saturated rings.